The van der Waals surface area contributed by atoms with Crippen molar-refractivity contribution < 1.29 is 5.11 Å². The van der Waals surface area contributed by atoms with Crippen LogP contribution in [0.5, 0.6) is 5.75 Å². The lowest BCUT2D eigenvalue weighted by Crippen LogP contribution is -2.14. The van der Waals surface area contributed by atoms with Gasteiger partial charge in [0.15, 0.2) is 0 Å². The zero-order valence-corrected chi connectivity index (χ0v) is 11.8. The van der Waals surface area contributed by atoms with Crippen molar-refractivity contribution in [3.63, 3.8) is 0 Å². The number of unbranched alkanes of at least 4 members (excludes halogenated alkanes) is 5. The van der Waals surface area contributed by atoms with Crippen molar-refractivity contribution in [3.05, 3.63) is 24.3 Å². The predicted molar refractivity (Wildman–Crippen MR) is 79.2 cm³/mol. The number of aromatic hydroxyl groups is 1. The van der Waals surface area contributed by atoms with Crippen LogP contribution in [0.15, 0.2) is 24.3 Å². The van der Waals surface area contributed by atoms with E-state index >= 15 is 0 Å². The summed E-state index contributed by atoms with van der Waals surface area (Å²) in [6.07, 6.45) is 9.32. The lowest BCUT2D eigenvalue weighted by atomic mass is 10.1. The molecule has 1 atom stereocenters. The van der Waals surface area contributed by atoms with Gasteiger partial charge in [-0.3, -0.25) is 0 Å². The maximum atomic E-state index is 9.21. The number of rotatable bonds is 9. The van der Waals surface area contributed by atoms with Crippen LogP contribution < -0.4 is 5.32 Å². The van der Waals surface area contributed by atoms with E-state index in [-0.39, 0.29) is 0 Å². The number of benzene rings is 1. The maximum Gasteiger partial charge on any atom is 0.115 e. The monoisotopic (exact) mass is 249 g/mol. The summed E-state index contributed by atoms with van der Waals surface area (Å²) in [5, 5.41) is 12.7. The third-order valence-electron chi connectivity index (χ3n) is 3.27. The fraction of sp³-hybridized carbons (Fsp3) is 0.625. The number of hydrogen-bond donors (Lipinski definition) is 2. The molecule has 0 fully saturated rings. The molecule has 0 aliphatic heterocycles. The van der Waals surface area contributed by atoms with Gasteiger partial charge in [-0.05, 0) is 37.6 Å². The Morgan fingerprint density at radius 3 is 2.28 bits per heavy atom. The van der Waals surface area contributed by atoms with Crippen LogP contribution in [0.25, 0.3) is 0 Å². The van der Waals surface area contributed by atoms with Crippen LogP contribution >= 0.6 is 0 Å². The highest BCUT2D eigenvalue weighted by Crippen LogP contribution is 2.16. The lowest BCUT2D eigenvalue weighted by Gasteiger charge is -2.15. The van der Waals surface area contributed by atoms with Crippen LogP contribution in [0.4, 0.5) is 5.69 Å². The molecule has 2 nitrogen and oxygen atoms in total. The van der Waals surface area contributed by atoms with Gasteiger partial charge in [-0.1, -0.05) is 45.4 Å². The minimum atomic E-state index is 0.323. The summed E-state index contributed by atoms with van der Waals surface area (Å²) in [5.74, 6) is 0.323. The van der Waals surface area contributed by atoms with Crippen molar-refractivity contribution in [2.24, 2.45) is 0 Å². The Balaban J connectivity index is 2.10. The first-order valence-corrected chi connectivity index (χ1v) is 7.28. The molecule has 0 saturated heterocycles. The third kappa shape index (κ3) is 6.53. The Morgan fingerprint density at radius 1 is 1.00 bits per heavy atom. The molecule has 0 aliphatic rings. The quantitative estimate of drug-likeness (QED) is 0.480. The molecule has 2 heteroatoms. The van der Waals surface area contributed by atoms with Gasteiger partial charge in [-0.2, -0.15) is 0 Å². The normalized spacial score (nSPS) is 12.3. The van der Waals surface area contributed by atoms with Gasteiger partial charge in [-0.25, -0.2) is 0 Å². The lowest BCUT2D eigenvalue weighted by molar-refractivity contribution is 0.475. The summed E-state index contributed by atoms with van der Waals surface area (Å²) in [5.41, 5.74) is 1.09. The number of phenolic OH excluding ortho intramolecular Hbond substituents is 1. The first-order chi connectivity index (χ1) is 8.72. The summed E-state index contributed by atoms with van der Waals surface area (Å²) in [6, 6.07) is 7.79. The Kier molecular flexibility index (Phi) is 7.31. The van der Waals surface area contributed by atoms with Gasteiger partial charge < -0.3 is 10.4 Å². The number of nitrogens with one attached hydrogen (secondary N) is 1. The van der Waals surface area contributed by atoms with Crippen molar-refractivity contribution in [3.8, 4) is 5.75 Å². The first kappa shape index (κ1) is 14.9. The number of phenols is 1. The van der Waals surface area contributed by atoms with E-state index in [4.69, 9.17) is 0 Å². The standard InChI is InChI=1S/C16H27NO/c1-3-4-5-6-7-8-9-14(2)17-15-10-12-16(18)13-11-15/h10-14,17-18H,3-9H2,1-2H3. The summed E-state index contributed by atoms with van der Waals surface area (Å²) in [6.45, 7) is 4.47. The van der Waals surface area contributed by atoms with Crippen molar-refractivity contribution in [2.45, 2.75) is 64.8 Å². The predicted octanol–water partition coefficient (Wildman–Crippen LogP) is 4.94. The van der Waals surface area contributed by atoms with E-state index in [0.717, 1.165) is 5.69 Å². The van der Waals surface area contributed by atoms with E-state index in [1.165, 1.54) is 44.9 Å². The Hall–Kier alpha value is -1.18. The molecule has 0 spiro atoms. The van der Waals surface area contributed by atoms with Crippen LogP contribution in [0.3, 0.4) is 0 Å². The zero-order chi connectivity index (χ0) is 13.2. The van der Waals surface area contributed by atoms with Crippen molar-refractivity contribution >= 4 is 5.69 Å². The molecule has 0 radical (unpaired) electrons. The Morgan fingerprint density at radius 2 is 1.61 bits per heavy atom. The molecule has 1 aromatic rings. The summed E-state index contributed by atoms with van der Waals surface area (Å²) < 4.78 is 0. The second kappa shape index (κ2) is 8.84. The minimum absolute atomic E-state index is 0.323. The molecule has 2 N–H and O–H groups in total. The van der Waals surface area contributed by atoms with E-state index in [1.54, 1.807) is 12.1 Å². The van der Waals surface area contributed by atoms with Gasteiger partial charge in [0.2, 0.25) is 0 Å². The van der Waals surface area contributed by atoms with E-state index in [2.05, 4.69) is 19.2 Å². The van der Waals surface area contributed by atoms with Gasteiger partial charge in [0.1, 0.15) is 5.75 Å². The molecule has 102 valence electrons. The third-order valence-corrected chi connectivity index (χ3v) is 3.27. The van der Waals surface area contributed by atoms with E-state index < -0.39 is 0 Å². The smallest absolute Gasteiger partial charge is 0.115 e. The summed E-state index contributed by atoms with van der Waals surface area (Å²) in [7, 11) is 0. The number of hydrogen-bond acceptors (Lipinski definition) is 2. The Labute approximate surface area is 111 Å². The minimum Gasteiger partial charge on any atom is -0.508 e. The van der Waals surface area contributed by atoms with Gasteiger partial charge in [0.05, 0.1) is 0 Å². The maximum absolute atomic E-state index is 9.21. The van der Waals surface area contributed by atoms with Crippen LogP contribution in [0.1, 0.15) is 58.8 Å². The van der Waals surface area contributed by atoms with E-state index in [9.17, 15) is 5.11 Å². The summed E-state index contributed by atoms with van der Waals surface area (Å²) in [4.78, 5) is 0. The van der Waals surface area contributed by atoms with Crippen LogP contribution in [0.2, 0.25) is 0 Å². The molecule has 18 heavy (non-hydrogen) atoms. The molecular weight excluding hydrogens is 222 g/mol. The highest BCUT2D eigenvalue weighted by Gasteiger charge is 2.01. The molecule has 0 aromatic heterocycles. The molecule has 0 heterocycles. The molecule has 0 aliphatic carbocycles. The second-order valence-corrected chi connectivity index (χ2v) is 5.15. The van der Waals surface area contributed by atoms with Gasteiger partial charge in [0, 0.05) is 11.7 Å². The van der Waals surface area contributed by atoms with Crippen molar-refractivity contribution in [2.75, 3.05) is 5.32 Å². The van der Waals surface area contributed by atoms with Crippen LogP contribution in [-0.4, -0.2) is 11.1 Å². The van der Waals surface area contributed by atoms with Gasteiger partial charge >= 0.3 is 0 Å². The molecule has 0 amide bonds. The fourth-order valence-electron chi connectivity index (χ4n) is 2.15. The van der Waals surface area contributed by atoms with E-state index in [0.29, 0.717) is 11.8 Å². The molecule has 1 aromatic carbocycles. The SMILES string of the molecule is CCCCCCCCC(C)Nc1ccc(O)cc1. The molecule has 1 rings (SSSR count). The molecule has 1 unspecified atom stereocenters. The summed E-state index contributed by atoms with van der Waals surface area (Å²) >= 11 is 0. The molecule has 0 bridgehead atoms. The van der Waals surface area contributed by atoms with Crippen molar-refractivity contribution in [1.29, 1.82) is 0 Å². The average molecular weight is 249 g/mol. The first-order valence-electron chi connectivity index (χ1n) is 7.28. The second-order valence-electron chi connectivity index (χ2n) is 5.15. The topological polar surface area (TPSA) is 32.3 Å². The number of anilines is 1. The fourth-order valence-corrected chi connectivity index (χ4v) is 2.15. The van der Waals surface area contributed by atoms with Gasteiger partial charge in [0.25, 0.3) is 0 Å². The molecule has 0 saturated carbocycles. The largest absolute Gasteiger partial charge is 0.508 e. The zero-order valence-electron chi connectivity index (χ0n) is 11.8. The molecular formula is C16H27NO. The average Bonchev–Trinajstić information content (AvgIpc) is 2.36. The van der Waals surface area contributed by atoms with E-state index in [1.807, 2.05) is 12.1 Å². The highest BCUT2D eigenvalue weighted by molar-refractivity contribution is 5.46. The highest BCUT2D eigenvalue weighted by atomic mass is 16.3. The van der Waals surface area contributed by atoms with Gasteiger partial charge in [-0.15, -0.1) is 0 Å². The van der Waals surface area contributed by atoms with Crippen molar-refractivity contribution in [1.82, 2.24) is 0 Å². The van der Waals surface area contributed by atoms with Crippen LogP contribution in [-0.2, 0) is 0 Å². The van der Waals surface area contributed by atoms with Crippen LogP contribution in [0, 0.1) is 0 Å². The Bertz CT molecular complexity index is 307.